The molecule has 0 saturated carbocycles. The maximum atomic E-state index is 13.0. The molecule has 1 aliphatic rings. The molecule has 0 aromatic heterocycles. The summed E-state index contributed by atoms with van der Waals surface area (Å²) in [5.41, 5.74) is 3.91. The van der Waals surface area contributed by atoms with Gasteiger partial charge in [0.05, 0.1) is 0 Å². The van der Waals surface area contributed by atoms with E-state index in [9.17, 15) is 9.59 Å². The molecule has 140 valence electrons. The number of nitrogens with one attached hydrogen (secondary N) is 1. The van der Waals surface area contributed by atoms with Gasteiger partial charge in [-0.05, 0) is 60.9 Å². The fourth-order valence-corrected chi connectivity index (χ4v) is 3.83. The Morgan fingerprint density at radius 3 is 2.46 bits per heavy atom. The maximum Gasteiger partial charge on any atom is 0.258 e. The molecule has 0 spiro atoms. The molecule has 3 aromatic carbocycles. The number of nitrogens with zero attached hydrogens (tertiary/aromatic N) is 1. The molecule has 0 aliphatic carbocycles. The highest BCUT2D eigenvalue weighted by atomic mass is 79.9. The molecule has 4 rings (SSSR count). The highest BCUT2D eigenvalue weighted by Crippen LogP contribution is 2.31. The summed E-state index contributed by atoms with van der Waals surface area (Å²) < 4.78 is 0.852. The van der Waals surface area contributed by atoms with Gasteiger partial charge in [0.15, 0.2) is 0 Å². The molecule has 2 amide bonds. The Bertz CT molecular complexity index is 1030. The molecule has 1 N–H and O–H groups in total. The number of fused-ring (bicyclic) bond motifs is 1. The van der Waals surface area contributed by atoms with Gasteiger partial charge < -0.3 is 10.2 Å². The largest absolute Gasteiger partial charge is 0.322 e. The molecule has 0 radical (unpaired) electrons. The monoisotopic (exact) mass is 434 g/mol. The van der Waals surface area contributed by atoms with E-state index < -0.39 is 0 Å². The van der Waals surface area contributed by atoms with Gasteiger partial charge >= 0.3 is 0 Å². The number of hydrogen-bond acceptors (Lipinski definition) is 2. The number of rotatable bonds is 3. The van der Waals surface area contributed by atoms with Crippen LogP contribution in [0.2, 0.25) is 0 Å². The van der Waals surface area contributed by atoms with E-state index in [1.165, 1.54) is 0 Å². The van der Waals surface area contributed by atoms with E-state index in [1.807, 2.05) is 65.6 Å². The van der Waals surface area contributed by atoms with Gasteiger partial charge in [-0.3, -0.25) is 9.59 Å². The van der Waals surface area contributed by atoms with Gasteiger partial charge in [0, 0.05) is 33.5 Å². The van der Waals surface area contributed by atoms with E-state index in [2.05, 4.69) is 21.2 Å². The Morgan fingerprint density at radius 2 is 1.68 bits per heavy atom. The average Bonchev–Trinajstić information content (AvgIpc) is 2.73. The summed E-state index contributed by atoms with van der Waals surface area (Å²) in [5, 5.41) is 2.94. The van der Waals surface area contributed by atoms with Crippen molar-refractivity contribution >= 4 is 39.1 Å². The molecule has 28 heavy (non-hydrogen) atoms. The molecule has 3 aromatic rings. The smallest absolute Gasteiger partial charge is 0.258 e. The molecular formula is C23H19BrN2O2. The lowest BCUT2D eigenvalue weighted by Gasteiger charge is -2.30. The molecule has 0 unspecified atom stereocenters. The molecule has 1 aliphatic heterocycles. The lowest BCUT2D eigenvalue weighted by atomic mass is 10.00. The summed E-state index contributed by atoms with van der Waals surface area (Å²) >= 11 is 3.39. The summed E-state index contributed by atoms with van der Waals surface area (Å²) in [5.74, 6) is -0.199. The number of amides is 2. The van der Waals surface area contributed by atoms with E-state index in [1.54, 1.807) is 12.1 Å². The van der Waals surface area contributed by atoms with Crippen molar-refractivity contribution in [3.8, 4) is 0 Å². The molecule has 0 saturated heterocycles. The standard InChI is InChI=1S/C23H19BrN2O2/c24-19-10-4-8-18(14-19)22(27)25-20-12-11-16-9-5-13-26(21(16)15-20)23(28)17-6-2-1-3-7-17/h1-4,6-8,10-12,14-15H,5,9,13H2,(H,25,27). The number of halogens is 1. The SMILES string of the molecule is O=C(Nc1ccc2c(c1)N(C(=O)c1ccccc1)CCC2)c1cccc(Br)c1. The molecule has 0 atom stereocenters. The third kappa shape index (κ3) is 3.85. The van der Waals surface area contributed by atoms with Gasteiger partial charge in [0.2, 0.25) is 0 Å². The number of benzene rings is 3. The summed E-state index contributed by atoms with van der Waals surface area (Å²) in [6.07, 6.45) is 1.85. The minimum absolute atomic E-state index is 0.0167. The van der Waals surface area contributed by atoms with E-state index in [-0.39, 0.29) is 11.8 Å². The highest BCUT2D eigenvalue weighted by molar-refractivity contribution is 9.10. The number of carbonyl (C=O) groups is 2. The van der Waals surface area contributed by atoms with E-state index in [0.29, 0.717) is 23.4 Å². The first-order valence-corrected chi connectivity index (χ1v) is 9.98. The maximum absolute atomic E-state index is 13.0. The Hall–Kier alpha value is -2.92. The second kappa shape index (κ2) is 7.98. The minimum atomic E-state index is -0.182. The lowest BCUT2D eigenvalue weighted by molar-refractivity contribution is 0.0984. The fourth-order valence-electron chi connectivity index (χ4n) is 3.43. The van der Waals surface area contributed by atoms with Crippen molar-refractivity contribution in [1.29, 1.82) is 0 Å². The topological polar surface area (TPSA) is 49.4 Å². The van der Waals surface area contributed by atoms with Crippen molar-refractivity contribution in [1.82, 2.24) is 0 Å². The van der Waals surface area contributed by atoms with Crippen molar-refractivity contribution in [2.75, 3.05) is 16.8 Å². The minimum Gasteiger partial charge on any atom is -0.322 e. The average molecular weight is 435 g/mol. The predicted molar refractivity (Wildman–Crippen MR) is 115 cm³/mol. The van der Waals surface area contributed by atoms with Gasteiger partial charge in [-0.15, -0.1) is 0 Å². The lowest BCUT2D eigenvalue weighted by Crippen LogP contribution is -2.35. The molecular weight excluding hydrogens is 416 g/mol. The van der Waals surface area contributed by atoms with Gasteiger partial charge in [0.1, 0.15) is 0 Å². The van der Waals surface area contributed by atoms with E-state index in [4.69, 9.17) is 0 Å². The molecule has 1 heterocycles. The van der Waals surface area contributed by atoms with Crippen LogP contribution in [0, 0.1) is 0 Å². The number of aryl methyl sites for hydroxylation is 1. The normalized spacial score (nSPS) is 13.0. The van der Waals surface area contributed by atoms with E-state index in [0.717, 1.165) is 28.6 Å². The number of hydrogen-bond donors (Lipinski definition) is 1. The Balaban J connectivity index is 1.61. The van der Waals surface area contributed by atoms with Crippen molar-refractivity contribution in [2.24, 2.45) is 0 Å². The third-order valence-electron chi connectivity index (χ3n) is 4.81. The van der Waals surface area contributed by atoms with Gasteiger partial charge in [-0.25, -0.2) is 0 Å². The fraction of sp³-hybridized carbons (Fsp3) is 0.130. The summed E-state index contributed by atoms with van der Waals surface area (Å²) in [4.78, 5) is 27.4. The van der Waals surface area contributed by atoms with Crippen LogP contribution >= 0.6 is 15.9 Å². The van der Waals surface area contributed by atoms with Crippen molar-refractivity contribution < 1.29 is 9.59 Å². The van der Waals surface area contributed by atoms with Crippen LogP contribution < -0.4 is 10.2 Å². The van der Waals surface area contributed by atoms with Crippen LogP contribution in [-0.2, 0) is 6.42 Å². The summed E-state index contributed by atoms with van der Waals surface area (Å²) in [7, 11) is 0. The zero-order valence-corrected chi connectivity index (χ0v) is 16.8. The second-order valence-electron chi connectivity index (χ2n) is 6.73. The molecule has 0 bridgehead atoms. The van der Waals surface area contributed by atoms with Crippen molar-refractivity contribution in [3.63, 3.8) is 0 Å². The quantitative estimate of drug-likeness (QED) is 0.608. The first-order chi connectivity index (χ1) is 13.6. The van der Waals surface area contributed by atoms with E-state index >= 15 is 0 Å². The van der Waals surface area contributed by atoms with Crippen LogP contribution in [0.25, 0.3) is 0 Å². The number of carbonyl (C=O) groups excluding carboxylic acids is 2. The van der Waals surface area contributed by atoms with Crippen LogP contribution in [0.1, 0.15) is 32.7 Å². The summed E-state index contributed by atoms with van der Waals surface area (Å²) in [6.45, 7) is 0.670. The first-order valence-electron chi connectivity index (χ1n) is 9.18. The van der Waals surface area contributed by atoms with Gasteiger partial charge in [-0.1, -0.05) is 46.3 Å². The summed E-state index contributed by atoms with van der Waals surface area (Å²) in [6, 6.07) is 22.3. The van der Waals surface area contributed by atoms with Gasteiger partial charge in [0.25, 0.3) is 11.8 Å². The van der Waals surface area contributed by atoms with Crippen molar-refractivity contribution in [3.05, 3.63) is 94.0 Å². The Kier molecular flexibility index (Phi) is 5.26. The van der Waals surface area contributed by atoms with Crippen LogP contribution in [0.5, 0.6) is 0 Å². The number of anilines is 2. The van der Waals surface area contributed by atoms with Gasteiger partial charge in [-0.2, -0.15) is 0 Å². The Labute approximate surface area is 172 Å². The van der Waals surface area contributed by atoms with Crippen LogP contribution in [-0.4, -0.2) is 18.4 Å². The van der Waals surface area contributed by atoms with Crippen molar-refractivity contribution in [2.45, 2.75) is 12.8 Å². The van der Waals surface area contributed by atoms with Crippen LogP contribution in [0.3, 0.4) is 0 Å². The highest BCUT2D eigenvalue weighted by Gasteiger charge is 2.24. The second-order valence-corrected chi connectivity index (χ2v) is 7.65. The first kappa shape index (κ1) is 18.4. The molecule has 0 fully saturated rings. The molecule has 5 heteroatoms. The zero-order valence-electron chi connectivity index (χ0n) is 15.2. The van der Waals surface area contributed by atoms with Crippen LogP contribution in [0.4, 0.5) is 11.4 Å². The third-order valence-corrected chi connectivity index (χ3v) is 5.31. The van der Waals surface area contributed by atoms with Crippen LogP contribution in [0.15, 0.2) is 77.3 Å². The zero-order chi connectivity index (χ0) is 19.5. The predicted octanol–water partition coefficient (Wildman–Crippen LogP) is 5.29. The Morgan fingerprint density at radius 1 is 0.893 bits per heavy atom. The molecule has 4 nitrogen and oxygen atoms in total.